The monoisotopic (exact) mass is 427 g/mol. The summed E-state index contributed by atoms with van der Waals surface area (Å²) < 4.78 is 5.12. The van der Waals surface area contributed by atoms with Gasteiger partial charge in [0.1, 0.15) is 11.4 Å². The number of amides is 3. The second-order valence-corrected chi connectivity index (χ2v) is 6.56. The third kappa shape index (κ3) is 4.11. The number of nitrogens with two attached hydrogens (primary N) is 1. The average Bonchev–Trinajstić information content (AvgIpc) is 3.23. The van der Waals surface area contributed by atoms with Crippen LogP contribution in [0.1, 0.15) is 31.3 Å². The van der Waals surface area contributed by atoms with E-state index in [4.69, 9.17) is 22.1 Å². The molecule has 0 aliphatic heterocycles. The van der Waals surface area contributed by atoms with Crippen molar-refractivity contribution in [2.75, 3.05) is 24.4 Å². The van der Waals surface area contributed by atoms with Gasteiger partial charge in [0.25, 0.3) is 17.7 Å². The molecule has 0 saturated carbocycles. The van der Waals surface area contributed by atoms with E-state index in [1.165, 1.54) is 25.4 Å². The summed E-state index contributed by atoms with van der Waals surface area (Å²) in [6.45, 7) is 0. The van der Waals surface area contributed by atoms with Crippen molar-refractivity contribution >= 4 is 40.7 Å². The number of H-pyrrole nitrogens is 1. The highest BCUT2D eigenvalue weighted by Crippen LogP contribution is 2.28. The summed E-state index contributed by atoms with van der Waals surface area (Å²) in [6.07, 6.45) is 1.23. The van der Waals surface area contributed by atoms with Crippen LogP contribution in [0.3, 0.4) is 0 Å². The molecule has 3 rings (SSSR count). The van der Waals surface area contributed by atoms with Crippen LogP contribution < -0.4 is 20.7 Å². The van der Waals surface area contributed by atoms with Gasteiger partial charge in [-0.25, -0.2) is 4.98 Å². The number of primary amides is 1. The molecular weight excluding hydrogens is 410 g/mol. The average molecular weight is 428 g/mol. The molecule has 1 heterocycles. The number of halogens is 1. The molecule has 0 bridgehead atoms. The Kier molecular flexibility index (Phi) is 6.03. The van der Waals surface area contributed by atoms with E-state index in [9.17, 15) is 14.4 Å². The predicted octanol–water partition coefficient (Wildman–Crippen LogP) is 2.70. The van der Waals surface area contributed by atoms with Gasteiger partial charge in [-0.3, -0.25) is 14.4 Å². The number of nitrogens with one attached hydrogen (secondary N) is 2. The molecule has 0 fully saturated rings. The fourth-order valence-electron chi connectivity index (χ4n) is 2.73. The number of carbonyl (C=O) groups is 3. The molecule has 0 aliphatic rings. The van der Waals surface area contributed by atoms with E-state index in [0.29, 0.717) is 17.1 Å². The largest absolute Gasteiger partial charge is 0.495 e. The molecule has 4 N–H and O–H groups in total. The van der Waals surface area contributed by atoms with E-state index in [1.54, 1.807) is 42.5 Å². The van der Waals surface area contributed by atoms with Crippen molar-refractivity contribution in [1.29, 1.82) is 0 Å². The summed E-state index contributed by atoms with van der Waals surface area (Å²) in [5.74, 6) is -1.30. The van der Waals surface area contributed by atoms with E-state index in [0.717, 1.165) is 0 Å². The Bertz CT molecular complexity index is 1110. The first-order valence-electron chi connectivity index (χ1n) is 8.68. The maximum atomic E-state index is 12.6. The van der Waals surface area contributed by atoms with Crippen molar-refractivity contribution in [3.63, 3.8) is 0 Å². The number of benzene rings is 2. The Morgan fingerprint density at radius 2 is 1.87 bits per heavy atom. The number of imidazole rings is 1. The molecule has 0 aliphatic carbocycles. The number of nitrogens with zero attached hydrogens (tertiary/aromatic N) is 2. The first kappa shape index (κ1) is 20.9. The molecule has 30 heavy (non-hydrogen) atoms. The zero-order chi connectivity index (χ0) is 21.8. The molecule has 10 heteroatoms. The molecule has 3 amide bonds. The number of hydrogen-bond donors (Lipinski definition) is 3. The highest BCUT2D eigenvalue weighted by molar-refractivity contribution is 6.35. The maximum absolute atomic E-state index is 12.6. The van der Waals surface area contributed by atoms with Crippen LogP contribution in [0.4, 0.5) is 11.4 Å². The summed E-state index contributed by atoms with van der Waals surface area (Å²) in [6, 6.07) is 11.4. The van der Waals surface area contributed by atoms with Gasteiger partial charge in [0, 0.05) is 18.4 Å². The van der Waals surface area contributed by atoms with Gasteiger partial charge in [-0.2, -0.15) is 0 Å². The predicted molar refractivity (Wildman–Crippen MR) is 112 cm³/mol. The van der Waals surface area contributed by atoms with Crippen molar-refractivity contribution in [3.05, 3.63) is 70.8 Å². The van der Waals surface area contributed by atoms with Gasteiger partial charge < -0.3 is 25.7 Å². The standard InChI is InChI=1S/C20H18ClN5O4/c1-26(20(29)17-16(18(22)27)23-10-24-17)12-8-6-11(7-9-12)25-19(28)13-4-3-5-14(30-2)15(13)21/h3-10H,1-2H3,(H2,22,27)(H,23,24)(H,25,28). The van der Waals surface area contributed by atoms with Crippen LogP contribution in [0.5, 0.6) is 5.75 Å². The first-order chi connectivity index (χ1) is 14.3. The normalized spacial score (nSPS) is 10.4. The van der Waals surface area contributed by atoms with Crippen molar-refractivity contribution in [1.82, 2.24) is 9.97 Å². The minimum absolute atomic E-state index is 0.0640. The van der Waals surface area contributed by atoms with Crippen molar-refractivity contribution in [2.24, 2.45) is 5.73 Å². The number of methoxy groups -OCH3 is 1. The minimum Gasteiger partial charge on any atom is -0.495 e. The molecule has 2 aromatic carbocycles. The molecule has 0 atom stereocenters. The Balaban J connectivity index is 1.75. The molecule has 9 nitrogen and oxygen atoms in total. The molecule has 154 valence electrons. The van der Waals surface area contributed by atoms with Gasteiger partial charge >= 0.3 is 0 Å². The molecular formula is C20H18ClN5O4. The van der Waals surface area contributed by atoms with Crippen LogP contribution >= 0.6 is 11.6 Å². The molecule has 1 aromatic heterocycles. The molecule has 0 radical (unpaired) electrons. The number of aromatic nitrogens is 2. The number of carbonyl (C=O) groups excluding carboxylic acids is 3. The zero-order valence-corrected chi connectivity index (χ0v) is 16.9. The third-order valence-electron chi connectivity index (χ3n) is 4.33. The van der Waals surface area contributed by atoms with E-state index in [-0.39, 0.29) is 22.0 Å². The second-order valence-electron chi connectivity index (χ2n) is 6.18. The van der Waals surface area contributed by atoms with Crippen LogP contribution in [0.25, 0.3) is 0 Å². The number of aromatic amines is 1. The highest BCUT2D eigenvalue weighted by atomic mass is 35.5. The Hall–Kier alpha value is -3.85. The quantitative estimate of drug-likeness (QED) is 0.556. The SMILES string of the molecule is COc1cccc(C(=O)Nc2ccc(N(C)C(=O)c3nc[nH]c3C(N)=O)cc2)c1Cl. The summed E-state index contributed by atoms with van der Waals surface area (Å²) >= 11 is 6.18. The zero-order valence-electron chi connectivity index (χ0n) is 16.1. The van der Waals surface area contributed by atoms with Crippen LogP contribution in [0.15, 0.2) is 48.8 Å². The lowest BCUT2D eigenvalue weighted by molar-refractivity contribution is 0.0958. The van der Waals surface area contributed by atoms with E-state index in [1.807, 2.05) is 0 Å². The highest BCUT2D eigenvalue weighted by Gasteiger charge is 2.22. The maximum Gasteiger partial charge on any atom is 0.279 e. The van der Waals surface area contributed by atoms with Crippen molar-refractivity contribution in [2.45, 2.75) is 0 Å². The smallest absolute Gasteiger partial charge is 0.279 e. The minimum atomic E-state index is -0.779. The van der Waals surface area contributed by atoms with Gasteiger partial charge in [0.2, 0.25) is 0 Å². The number of hydrogen-bond acceptors (Lipinski definition) is 5. The van der Waals surface area contributed by atoms with Crippen LogP contribution in [-0.4, -0.2) is 41.8 Å². The summed E-state index contributed by atoms with van der Waals surface area (Å²) in [5.41, 5.74) is 6.40. The molecule has 0 saturated heterocycles. The Morgan fingerprint density at radius 3 is 2.50 bits per heavy atom. The molecule has 0 unspecified atom stereocenters. The van der Waals surface area contributed by atoms with Crippen molar-refractivity contribution in [3.8, 4) is 5.75 Å². The fourth-order valence-corrected chi connectivity index (χ4v) is 3.02. The molecule has 0 spiro atoms. The third-order valence-corrected chi connectivity index (χ3v) is 4.72. The Labute approximate surface area is 176 Å². The topological polar surface area (TPSA) is 130 Å². The summed E-state index contributed by atoms with van der Waals surface area (Å²) in [7, 11) is 3.00. The van der Waals surface area contributed by atoms with Crippen LogP contribution in [0.2, 0.25) is 5.02 Å². The number of anilines is 2. The number of rotatable bonds is 6. The Morgan fingerprint density at radius 1 is 1.17 bits per heavy atom. The fraction of sp³-hybridized carbons (Fsp3) is 0.100. The van der Waals surface area contributed by atoms with Gasteiger partial charge in [0.05, 0.1) is 24.0 Å². The van der Waals surface area contributed by atoms with E-state index in [2.05, 4.69) is 15.3 Å². The lowest BCUT2D eigenvalue weighted by atomic mass is 10.2. The lowest BCUT2D eigenvalue weighted by Crippen LogP contribution is -2.29. The van der Waals surface area contributed by atoms with Gasteiger partial charge in [0.15, 0.2) is 5.69 Å². The number of ether oxygens (including phenoxy) is 1. The van der Waals surface area contributed by atoms with E-state index >= 15 is 0 Å². The summed E-state index contributed by atoms with van der Waals surface area (Å²) in [5, 5.41) is 2.95. The summed E-state index contributed by atoms with van der Waals surface area (Å²) in [4.78, 5) is 44.3. The lowest BCUT2D eigenvalue weighted by Gasteiger charge is -2.17. The van der Waals surface area contributed by atoms with Gasteiger partial charge in [-0.1, -0.05) is 17.7 Å². The van der Waals surface area contributed by atoms with Gasteiger partial charge in [-0.05, 0) is 36.4 Å². The van der Waals surface area contributed by atoms with Gasteiger partial charge in [-0.15, -0.1) is 0 Å². The van der Waals surface area contributed by atoms with Crippen LogP contribution in [-0.2, 0) is 0 Å². The van der Waals surface area contributed by atoms with E-state index < -0.39 is 17.7 Å². The first-order valence-corrected chi connectivity index (χ1v) is 9.06. The van der Waals surface area contributed by atoms with Crippen molar-refractivity contribution < 1.29 is 19.1 Å². The molecule has 3 aromatic rings. The second kappa shape index (κ2) is 8.66. The van der Waals surface area contributed by atoms with Crippen LogP contribution in [0, 0.1) is 0 Å².